The maximum absolute atomic E-state index is 13.5. The fraction of sp³-hybridized carbons (Fsp3) is 0.541. The lowest BCUT2D eigenvalue weighted by molar-refractivity contribution is -0.968. The molecule has 740 valence electrons. The van der Waals surface area contributed by atoms with E-state index < -0.39 is 46.5 Å². The Labute approximate surface area is 820 Å². The monoisotopic (exact) mass is 1930 g/mol. The van der Waals surface area contributed by atoms with E-state index in [1.807, 2.05) is 149 Å². The highest BCUT2D eigenvalue weighted by atomic mass is 32.1. The fourth-order valence-electron chi connectivity index (χ4n) is 24.2. The maximum Gasteiger partial charge on any atom is 0.349 e. The molecule has 5 N–H and O–H groups in total. The number of epoxide rings is 2. The van der Waals surface area contributed by atoms with Crippen molar-refractivity contribution in [2.75, 3.05) is 101 Å². The van der Waals surface area contributed by atoms with Crippen molar-refractivity contribution in [3.8, 4) is 0 Å². The van der Waals surface area contributed by atoms with Crippen LogP contribution in [0.1, 0.15) is 184 Å². The van der Waals surface area contributed by atoms with Crippen LogP contribution in [-0.2, 0) is 80.4 Å². The van der Waals surface area contributed by atoms with Gasteiger partial charge in [0.15, 0.2) is 17.8 Å². The van der Waals surface area contributed by atoms with E-state index in [9.17, 15) is 49.5 Å². The van der Waals surface area contributed by atoms with Crippen LogP contribution in [0.4, 0.5) is 0 Å². The minimum Gasteiger partial charge on any atom is -0.461 e. The molecule has 19 atom stereocenters. The number of likely N-dealkylation sites (tertiary alicyclic amines) is 1. The largest absolute Gasteiger partial charge is 0.461 e. The number of nitrogens with zero attached hydrogens (tertiary/aromatic N) is 5. The van der Waals surface area contributed by atoms with Gasteiger partial charge in [0.1, 0.15) is 91.8 Å². The van der Waals surface area contributed by atoms with Crippen molar-refractivity contribution in [1.29, 1.82) is 0 Å². The Kier molecular flexibility index (Phi) is 36.3. The third-order valence-electron chi connectivity index (χ3n) is 32.4. The number of hydrogen-bond acceptors (Lipinski definition) is 21. The van der Waals surface area contributed by atoms with Crippen molar-refractivity contribution < 1.29 is 105 Å². The zero-order valence-electron chi connectivity index (χ0n) is 82.1. The lowest BCUT2D eigenvalue weighted by Gasteiger charge is -2.52. The number of morpholine rings is 2. The first-order valence-corrected chi connectivity index (χ1v) is 51.3. The van der Waals surface area contributed by atoms with Gasteiger partial charge in [-0.1, -0.05) is 158 Å². The van der Waals surface area contributed by atoms with E-state index in [0.29, 0.717) is 97.7 Å². The van der Waals surface area contributed by atoms with Crippen LogP contribution in [0.2, 0.25) is 0 Å². The van der Waals surface area contributed by atoms with Crippen molar-refractivity contribution >= 4 is 75.2 Å². The third kappa shape index (κ3) is 22.5. The molecule has 16 heterocycles. The molecule has 0 amide bonds. The molecule has 1 aliphatic carbocycles. The van der Waals surface area contributed by atoms with Crippen LogP contribution in [0.5, 0.6) is 0 Å². The number of carbonyl (C=O) groups is 5. The third-order valence-corrected chi connectivity index (χ3v) is 36.3. The smallest absolute Gasteiger partial charge is 0.349 e. The van der Waals surface area contributed by atoms with Crippen LogP contribution >= 0.6 is 45.3 Å². The van der Waals surface area contributed by atoms with E-state index in [4.69, 9.17) is 33.2 Å². The van der Waals surface area contributed by atoms with Crippen LogP contribution in [0.3, 0.4) is 0 Å². The van der Waals surface area contributed by atoms with Crippen molar-refractivity contribution in [3.63, 3.8) is 0 Å². The van der Waals surface area contributed by atoms with Crippen LogP contribution in [0, 0.1) is 49.0 Å². The van der Waals surface area contributed by atoms with E-state index >= 15 is 0 Å². The zero-order valence-corrected chi connectivity index (χ0v) is 85.4. The quantitative estimate of drug-likeness (QED) is 0.00800. The Morgan fingerprint density at radius 1 is 0.444 bits per heavy atom. The van der Waals surface area contributed by atoms with Gasteiger partial charge in [0.25, 0.3) is 0 Å². The molecule has 1 saturated carbocycles. The molecule has 135 heavy (non-hydrogen) atoms. The van der Waals surface area contributed by atoms with E-state index in [-0.39, 0.29) is 98.7 Å². The Morgan fingerprint density at radius 2 is 0.852 bits per heavy atom. The molecule has 13 aliphatic rings. The number of quaternary nitrogens is 5. The molecule has 4 aromatic heterocycles. The minimum absolute atomic E-state index is 0. The predicted octanol–water partition coefficient (Wildman–Crippen LogP) is 16.6. The summed E-state index contributed by atoms with van der Waals surface area (Å²) in [6.07, 6.45) is 19.1. The number of aryl methyl sites for hydroxylation is 1. The molecule has 13 fully saturated rings. The summed E-state index contributed by atoms with van der Waals surface area (Å²) in [6, 6.07) is 56.9. The first-order valence-electron chi connectivity index (χ1n) is 47.8. The average molecular weight is 1930 g/mol. The summed E-state index contributed by atoms with van der Waals surface area (Å²) in [7, 11) is 13.5. The van der Waals surface area contributed by atoms with Crippen LogP contribution in [-0.4, -0.2) is 276 Å². The van der Waals surface area contributed by atoms with E-state index in [1.54, 1.807) is 12.1 Å². The average Bonchev–Trinajstić information content (AvgIpc) is 1.53. The number of aliphatic hydroxyl groups excluding tert-OH is 2. The Morgan fingerprint density at radius 3 is 1.27 bits per heavy atom. The molecule has 26 heteroatoms. The number of aliphatic hydroxyl groups is 5. The number of ether oxygens (including phenoxy) is 7. The molecule has 8 aromatic rings. The SMILES string of the molecule is CC(C)[N+]1(C)C2CC[C@@H]1CC(OC(=O)C(CO)c1ccccc1)C2.CC[N+]1(C)C2CC(OC(=O)[C@H](CO)c3ccccc3)C[C@H]1[C@H]1OC21.C[N+]1(C)C2CC(OC(=O)C(O)(c3cccs3)c3cccs3)CC1C1OC12.C[N+]1(C)CCC(OC(=O)C(O)(c2ccccc2)C2CCCC2)C1.O=C(O[C@H]1C[N+]2(CCCCc3ccccc3)CCC1CC2)C(O)(c1cccs1)c1cccs1.[CH3-].[CH3-].[CH3-].[CH3-].[CH3-]. The van der Waals surface area contributed by atoms with Crippen LogP contribution in [0.15, 0.2) is 191 Å². The summed E-state index contributed by atoms with van der Waals surface area (Å²) < 4.78 is 46.1. The van der Waals surface area contributed by atoms with Gasteiger partial charge in [-0.25, -0.2) is 14.4 Å². The number of benzene rings is 4. The number of unbranched alkanes of at least 4 members (excludes halogenated alkanes) is 1. The number of rotatable bonds is 27. The summed E-state index contributed by atoms with van der Waals surface area (Å²) in [4.78, 5) is 67.1. The summed E-state index contributed by atoms with van der Waals surface area (Å²) in [5.74, 6) is -2.93. The van der Waals surface area contributed by atoms with Gasteiger partial charge in [-0.3, -0.25) is 9.59 Å². The van der Waals surface area contributed by atoms with Gasteiger partial charge in [-0.15, -0.1) is 45.3 Å². The van der Waals surface area contributed by atoms with E-state index in [0.717, 1.165) is 156 Å². The molecular formula is C109H153N5O17S4. The van der Waals surface area contributed by atoms with Gasteiger partial charge < -0.3 is 118 Å². The molecular weight excluding hydrogens is 1780 g/mol. The van der Waals surface area contributed by atoms with Gasteiger partial charge in [-0.05, 0) is 121 Å². The molecule has 0 spiro atoms. The predicted molar refractivity (Wildman–Crippen MR) is 535 cm³/mol. The number of fused-ring (bicyclic) bond motifs is 15. The summed E-state index contributed by atoms with van der Waals surface area (Å²) >= 11 is 5.54. The molecule has 12 aliphatic heterocycles. The van der Waals surface area contributed by atoms with Crippen molar-refractivity contribution in [2.24, 2.45) is 11.8 Å². The number of esters is 5. The Balaban J connectivity index is 0.000000162. The van der Waals surface area contributed by atoms with Gasteiger partial charge in [0, 0.05) is 82.5 Å². The van der Waals surface area contributed by atoms with Crippen molar-refractivity contribution in [1.82, 2.24) is 0 Å². The number of piperidine rings is 6. The zero-order chi connectivity index (χ0) is 91.6. The standard InChI is InChI=1S/C27H32NO3S2.C20H30NO3.C19H22NO4S2.C19H26NO4.C19H28NO3.5CH3/c29-26(27(30,24-11-6-18-32-24)25-12-7-19-33-25)31-23-20-28(16-13-22(23)14-17-28)15-5-4-10-21-8-2-1-3-9-21;1-14(2)21(3)16-9-10-17(21)12-18(11-16)24-20(23)19(13-22)15-7-5-4-6-8-15;1-20(2)12-9-11(10-13(20)17-16(12)24-17)23-18(21)19(22,14-5-3-7-25-14)15-6-4-8-26-15;1-3-20(2)15-9-13(10-16(20)18-17(15)24-18)23-19(22)14(11-21)12-7-5-4-6-8-12;1-20(2)13-12-17(14-20)23-18(21)19(22,16-10-6-7-11-16)15-8-4-3-5-9-15;;;;;/h1-3,6-9,11-12,18-19,22-23,30H,4-5,10,13-17,20H2;4-8,14,16-19,22H,9-13H2,1-3H3;3-8,11-13,16-17,22H,9-10H2,1-2H3;4-8,13-18,21H,3,9-11H2,1-2H3;3-5,8-9,16-17,22H,6-7,10-14H2,1-2H3;5*1H3/q5*+1;5*-1/t22?,23-,28?;16-,17?,18?,19?,21?;;13?,14-,15+,16?,17-,18?,20?;;;;;;/m01.1....../s1. The minimum atomic E-state index is -1.72. The number of hydrogen-bond donors (Lipinski definition) is 5. The molecule has 0 radical (unpaired) electrons. The summed E-state index contributed by atoms with van der Waals surface area (Å²) in [5.41, 5.74) is -1.22. The fourth-order valence-corrected chi connectivity index (χ4v) is 27.7. The molecule has 14 unspecified atom stereocenters. The highest BCUT2D eigenvalue weighted by molar-refractivity contribution is 7.12. The van der Waals surface area contributed by atoms with Crippen LogP contribution < -0.4 is 0 Å². The Hall–Kier alpha value is -7.45. The lowest BCUT2D eigenvalue weighted by Crippen LogP contribution is -2.65. The van der Waals surface area contributed by atoms with Crippen molar-refractivity contribution in [3.05, 3.63) is 270 Å². The number of likely N-dealkylation sites (N-methyl/N-ethyl adjacent to an activating group) is 3. The number of thiophene rings is 4. The normalized spacial score (nSPS) is 30.4. The van der Waals surface area contributed by atoms with E-state index in [1.165, 1.54) is 89.7 Å². The summed E-state index contributed by atoms with van der Waals surface area (Å²) in [6.45, 7) is 13.7. The summed E-state index contributed by atoms with van der Waals surface area (Å²) in [5, 5.41) is 61.1. The highest BCUT2D eigenvalue weighted by Gasteiger charge is 2.73. The second-order valence-corrected chi connectivity index (χ2v) is 44.6. The molecule has 21 rings (SSSR count). The van der Waals surface area contributed by atoms with E-state index in [2.05, 4.69) is 93.4 Å². The maximum atomic E-state index is 13.5. The molecule has 4 aromatic carbocycles. The van der Waals surface area contributed by atoms with Gasteiger partial charge in [-0.2, -0.15) is 0 Å². The van der Waals surface area contributed by atoms with Crippen LogP contribution in [0.25, 0.3) is 0 Å². The number of carbonyl (C=O) groups excluding carboxylic acids is 5. The molecule has 12 saturated heterocycles. The van der Waals surface area contributed by atoms with Gasteiger partial charge in [0.05, 0.1) is 126 Å². The van der Waals surface area contributed by atoms with Gasteiger partial charge >= 0.3 is 29.8 Å². The lowest BCUT2D eigenvalue weighted by atomic mass is 9.80. The highest BCUT2D eigenvalue weighted by Crippen LogP contribution is 2.55. The van der Waals surface area contributed by atoms with Crippen molar-refractivity contribution in [2.45, 2.75) is 262 Å². The first-order chi connectivity index (χ1) is 62.5. The Bertz CT molecular complexity index is 4900. The van der Waals surface area contributed by atoms with Gasteiger partial charge in [0.2, 0.25) is 11.2 Å². The first kappa shape index (κ1) is 108. The molecule has 22 nitrogen and oxygen atoms in total. The second-order valence-electron chi connectivity index (χ2n) is 40.8. The second kappa shape index (κ2) is 45.4. The topological polar surface area (TPSA) is 258 Å². The molecule has 8 bridgehead atoms.